The van der Waals surface area contributed by atoms with Crippen LogP contribution in [0.2, 0.25) is 0 Å². The first-order valence-corrected chi connectivity index (χ1v) is 7.39. The minimum atomic E-state index is -0.141. The van der Waals surface area contributed by atoms with E-state index < -0.39 is 0 Å². The molecule has 0 aliphatic rings. The van der Waals surface area contributed by atoms with Crippen LogP contribution in [-0.2, 0) is 22.6 Å². The van der Waals surface area contributed by atoms with Crippen LogP contribution in [0.1, 0.15) is 12.0 Å². The highest BCUT2D eigenvalue weighted by atomic mass is 32.1. The van der Waals surface area contributed by atoms with Gasteiger partial charge < -0.3 is 4.90 Å². The van der Waals surface area contributed by atoms with Gasteiger partial charge in [0.15, 0.2) is 0 Å². The molecule has 0 saturated carbocycles. The lowest BCUT2D eigenvalue weighted by molar-refractivity contribution is -0.129. The summed E-state index contributed by atoms with van der Waals surface area (Å²) < 4.78 is 1.40. The number of hydrogen-bond donors (Lipinski definition) is 1. The lowest BCUT2D eigenvalue weighted by Crippen LogP contribution is -2.26. The minimum absolute atomic E-state index is 0.0877. The Morgan fingerprint density at radius 3 is 2.90 bits per heavy atom. The number of aryl methyl sites for hydroxylation is 1. The number of carbonyl (C=O) groups is 2. The summed E-state index contributed by atoms with van der Waals surface area (Å²) in [5.74, 6) is -0.00926. The van der Waals surface area contributed by atoms with Gasteiger partial charge >= 0.3 is 0 Å². The molecule has 0 aromatic carbocycles. The molecule has 0 fully saturated rings. The van der Waals surface area contributed by atoms with Crippen molar-refractivity contribution in [3.63, 3.8) is 0 Å². The number of likely N-dealkylation sites (N-methyl/N-ethyl adjacent to an activating group) is 1. The molecule has 112 valence electrons. The number of anilines is 1. The molecular formula is C13H17N5O2S. The van der Waals surface area contributed by atoms with Gasteiger partial charge in [-0.05, 0) is 28.8 Å². The molecule has 21 heavy (non-hydrogen) atoms. The summed E-state index contributed by atoms with van der Waals surface area (Å²) >= 11 is 1.61. The first kappa shape index (κ1) is 15.2. The predicted molar refractivity (Wildman–Crippen MR) is 80.0 cm³/mol. The van der Waals surface area contributed by atoms with Crippen molar-refractivity contribution in [2.24, 2.45) is 0 Å². The molecule has 0 bridgehead atoms. The first-order valence-electron chi connectivity index (χ1n) is 6.45. The fourth-order valence-electron chi connectivity index (χ4n) is 1.59. The van der Waals surface area contributed by atoms with Gasteiger partial charge in [-0.2, -0.15) is 11.3 Å². The van der Waals surface area contributed by atoms with E-state index in [9.17, 15) is 9.59 Å². The van der Waals surface area contributed by atoms with Gasteiger partial charge in [-0.15, -0.1) is 5.10 Å². The zero-order chi connectivity index (χ0) is 15.2. The van der Waals surface area contributed by atoms with Crippen LogP contribution in [0.4, 0.5) is 5.95 Å². The summed E-state index contributed by atoms with van der Waals surface area (Å²) in [7, 11) is 3.35. The van der Waals surface area contributed by atoms with Crippen molar-refractivity contribution >= 4 is 29.1 Å². The molecule has 0 spiro atoms. The predicted octanol–water partition coefficient (Wildman–Crippen LogP) is 0.999. The summed E-state index contributed by atoms with van der Waals surface area (Å²) in [5, 5.41) is 10.7. The van der Waals surface area contributed by atoms with Crippen molar-refractivity contribution < 1.29 is 9.59 Å². The van der Waals surface area contributed by atoms with Crippen molar-refractivity contribution in [3.05, 3.63) is 28.7 Å². The molecular weight excluding hydrogens is 290 g/mol. The van der Waals surface area contributed by atoms with Crippen LogP contribution in [0.3, 0.4) is 0 Å². The molecule has 2 aromatic rings. The van der Waals surface area contributed by atoms with E-state index in [1.165, 1.54) is 15.9 Å². The van der Waals surface area contributed by atoms with Crippen LogP contribution >= 0.6 is 11.3 Å². The van der Waals surface area contributed by atoms with Gasteiger partial charge in [0, 0.05) is 20.5 Å². The van der Waals surface area contributed by atoms with E-state index in [2.05, 4.69) is 15.4 Å². The largest absolute Gasteiger partial charge is 0.347 e. The lowest BCUT2D eigenvalue weighted by Gasteiger charge is -2.08. The third-order valence-corrected chi connectivity index (χ3v) is 3.54. The van der Waals surface area contributed by atoms with E-state index in [4.69, 9.17) is 0 Å². The highest BCUT2D eigenvalue weighted by Crippen LogP contribution is 2.09. The highest BCUT2D eigenvalue weighted by molar-refractivity contribution is 7.07. The van der Waals surface area contributed by atoms with E-state index in [0.29, 0.717) is 12.8 Å². The second kappa shape index (κ2) is 6.98. The number of amides is 2. The van der Waals surface area contributed by atoms with Gasteiger partial charge in [-0.25, -0.2) is 9.67 Å². The SMILES string of the molecule is CN(C)C(=O)Cn1cnc(NC(=O)CCc2ccsc2)n1. The summed E-state index contributed by atoms with van der Waals surface area (Å²) in [6.07, 6.45) is 2.49. The average molecular weight is 307 g/mol. The van der Waals surface area contributed by atoms with E-state index >= 15 is 0 Å². The van der Waals surface area contributed by atoms with Gasteiger partial charge in [-0.1, -0.05) is 0 Å². The lowest BCUT2D eigenvalue weighted by atomic mass is 10.2. The van der Waals surface area contributed by atoms with Crippen LogP contribution in [-0.4, -0.2) is 45.6 Å². The summed E-state index contributed by atoms with van der Waals surface area (Å²) in [4.78, 5) is 28.7. The van der Waals surface area contributed by atoms with E-state index in [-0.39, 0.29) is 24.3 Å². The molecule has 0 saturated heterocycles. The molecule has 1 N–H and O–H groups in total. The summed E-state index contributed by atoms with van der Waals surface area (Å²) in [5.41, 5.74) is 1.14. The smallest absolute Gasteiger partial charge is 0.248 e. The van der Waals surface area contributed by atoms with Crippen LogP contribution in [0.15, 0.2) is 23.2 Å². The maximum atomic E-state index is 11.8. The number of hydrogen-bond acceptors (Lipinski definition) is 5. The molecule has 2 amide bonds. The third kappa shape index (κ3) is 4.67. The zero-order valence-electron chi connectivity index (χ0n) is 11.9. The molecule has 2 rings (SSSR count). The highest BCUT2D eigenvalue weighted by Gasteiger charge is 2.10. The van der Waals surface area contributed by atoms with Crippen LogP contribution in [0.5, 0.6) is 0 Å². The number of carbonyl (C=O) groups excluding carboxylic acids is 2. The Labute approximate surface area is 126 Å². The van der Waals surface area contributed by atoms with Gasteiger partial charge in [-0.3, -0.25) is 14.9 Å². The van der Waals surface area contributed by atoms with E-state index in [1.807, 2.05) is 16.8 Å². The maximum absolute atomic E-state index is 11.8. The van der Waals surface area contributed by atoms with Crippen LogP contribution in [0, 0.1) is 0 Å². The minimum Gasteiger partial charge on any atom is -0.347 e. The van der Waals surface area contributed by atoms with E-state index in [1.54, 1.807) is 25.4 Å². The van der Waals surface area contributed by atoms with Gasteiger partial charge in [0.05, 0.1) is 0 Å². The standard InChI is InChI=1S/C13H17N5O2S/c1-17(2)12(20)7-18-9-14-13(16-18)15-11(19)4-3-10-5-6-21-8-10/h5-6,8-9H,3-4,7H2,1-2H3,(H,15,16,19). The number of thiophene rings is 1. The van der Waals surface area contributed by atoms with Crippen molar-refractivity contribution in [2.75, 3.05) is 19.4 Å². The zero-order valence-corrected chi connectivity index (χ0v) is 12.8. The molecule has 0 unspecified atom stereocenters. The molecule has 0 radical (unpaired) electrons. The van der Waals surface area contributed by atoms with E-state index in [0.717, 1.165) is 5.56 Å². The molecule has 8 heteroatoms. The van der Waals surface area contributed by atoms with Crippen molar-refractivity contribution in [3.8, 4) is 0 Å². The molecule has 0 aliphatic carbocycles. The molecule has 7 nitrogen and oxygen atoms in total. The molecule has 0 aliphatic heterocycles. The Hall–Kier alpha value is -2.22. The fourth-order valence-corrected chi connectivity index (χ4v) is 2.29. The Kier molecular flexibility index (Phi) is 5.04. The second-order valence-electron chi connectivity index (χ2n) is 4.73. The van der Waals surface area contributed by atoms with Crippen molar-refractivity contribution in [2.45, 2.75) is 19.4 Å². The van der Waals surface area contributed by atoms with Gasteiger partial charge in [0.2, 0.25) is 17.8 Å². The first-order chi connectivity index (χ1) is 10.0. The second-order valence-corrected chi connectivity index (χ2v) is 5.51. The number of aromatic nitrogens is 3. The van der Waals surface area contributed by atoms with Gasteiger partial charge in [0.1, 0.15) is 12.9 Å². The Bertz CT molecular complexity index is 606. The monoisotopic (exact) mass is 307 g/mol. The number of rotatable bonds is 6. The maximum Gasteiger partial charge on any atom is 0.248 e. The summed E-state index contributed by atoms with van der Waals surface area (Å²) in [6.45, 7) is 0.102. The fraction of sp³-hybridized carbons (Fsp3) is 0.385. The number of nitrogens with zero attached hydrogens (tertiary/aromatic N) is 4. The molecule has 2 heterocycles. The molecule has 2 aromatic heterocycles. The van der Waals surface area contributed by atoms with Crippen LogP contribution in [0.25, 0.3) is 0 Å². The third-order valence-electron chi connectivity index (χ3n) is 2.80. The summed E-state index contributed by atoms with van der Waals surface area (Å²) in [6, 6.07) is 2.00. The Balaban J connectivity index is 1.81. The topological polar surface area (TPSA) is 80.1 Å². The number of nitrogens with one attached hydrogen (secondary N) is 1. The quantitative estimate of drug-likeness (QED) is 0.863. The Morgan fingerprint density at radius 2 is 2.24 bits per heavy atom. The van der Waals surface area contributed by atoms with Crippen LogP contribution < -0.4 is 5.32 Å². The Morgan fingerprint density at radius 1 is 1.43 bits per heavy atom. The van der Waals surface area contributed by atoms with Gasteiger partial charge in [0.25, 0.3) is 0 Å². The average Bonchev–Trinajstić information content (AvgIpc) is 3.08. The molecule has 0 atom stereocenters. The van der Waals surface area contributed by atoms with Crippen molar-refractivity contribution in [1.29, 1.82) is 0 Å². The normalized spacial score (nSPS) is 10.4. The van der Waals surface area contributed by atoms with Crippen molar-refractivity contribution in [1.82, 2.24) is 19.7 Å².